The van der Waals surface area contributed by atoms with Crippen LogP contribution in [0.15, 0.2) is 65.3 Å². The summed E-state index contributed by atoms with van der Waals surface area (Å²) in [6.45, 7) is 0. The van der Waals surface area contributed by atoms with Crippen LogP contribution in [0.3, 0.4) is 0 Å². The van der Waals surface area contributed by atoms with Crippen molar-refractivity contribution in [3.8, 4) is 11.3 Å². The lowest BCUT2D eigenvalue weighted by molar-refractivity contribution is 1.32. The van der Waals surface area contributed by atoms with E-state index in [1.165, 1.54) is 10.8 Å². The average Bonchev–Trinajstić information content (AvgIpc) is 2.39. The Morgan fingerprint density at radius 2 is 1.53 bits per heavy atom. The summed E-state index contributed by atoms with van der Waals surface area (Å²) < 4.78 is 1.08. The van der Waals surface area contributed by atoms with Gasteiger partial charge in [0.15, 0.2) is 0 Å². The number of pyridine rings is 1. The molecule has 0 saturated heterocycles. The molecule has 0 radical (unpaired) electrons. The van der Waals surface area contributed by atoms with E-state index < -0.39 is 0 Å². The van der Waals surface area contributed by atoms with Crippen LogP contribution >= 0.6 is 15.9 Å². The molecule has 0 bridgehead atoms. The van der Waals surface area contributed by atoms with Crippen molar-refractivity contribution in [1.29, 1.82) is 0 Å². The molecule has 0 N–H and O–H groups in total. The van der Waals surface area contributed by atoms with Crippen molar-refractivity contribution < 1.29 is 0 Å². The monoisotopic (exact) mass is 283 g/mol. The van der Waals surface area contributed by atoms with E-state index in [2.05, 4.69) is 57.3 Å². The van der Waals surface area contributed by atoms with Gasteiger partial charge in [-0.1, -0.05) is 46.3 Å². The number of hydrogen-bond acceptors (Lipinski definition) is 1. The number of hydrogen-bond donors (Lipinski definition) is 0. The predicted molar refractivity (Wildman–Crippen MR) is 74.9 cm³/mol. The molecule has 1 nitrogen and oxygen atoms in total. The van der Waals surface area contributed by atoms with E-state index >= 15 is 0 Å². The van der Waals surface area contributed by atoms with E-state index in [9.17, 15) is 0 Å². The second-order valence-corrected chi connectivity index (χ2v) is 4.75. The highest BCUT2D eigenvalue weighted by molar-refractivity contribution is 9.10. The minimum atomic E-state index is 0.991. The zero-order valence-electron chi connectivity index (χ0n) is 9.10. The third-order valence-corrected chi connectivity index (χ3v) is 3.43. The fourth-order valence-corrected chi connectivity index (χ4v) is 2.50. The first-order valence-corrected chi connectivity index (χ1v) is 6.23. The fraction of sp³-hybridized carbons (Fsp3) is 0. The minimum Gasteiger partial charge on any atom is -0.256 e. The van der Waals surface area contributed by atoms with Gasteiger partial charge < -0.3 is 0 Å². The lowest BCUT2D eigenvalue weighted by Crippen LogP contribution is -1.84. The molecule has 82 valence electrons. The molecule has 0 atom stereocenters. The van der Waals surface area contributed by atoms with Crippen LogP contribution in [-0.2, 0) is 0 Å². The van der Waals surface area contributed by atoms with Gasteiger partial charge in [-0.2, -0.15) is 0 Å². The Kier molecular flexibility index (Phi) is 2.65. The zero-order chi connectivity index (χ0) is 11.7. The number of rotatable bonds is 1. The predicted octanol–water partition coefficient (Wildman–Crippen LogP) is 4.66. The Labute approximate surface area is 108 Å². The molecule has 0 unspecified atom stereocenters. The Bertz CT molecular complexity index is 662. The highest BCUT2D eigenvalue weighted by Gasteiger charge is 2.05. The molecule has 0 fully saturated rings. The molecule has 0 aliphatic heterocycles. The van der Waals surface area contributed by atoms with Crippen LogP contribution in [0, 0.1) is 0 Å². The molecule has 0 spiro atoms. The first-order chi connectivity index (χ1) is 8.34. The number of halogens is 1. The van der Waals surface area contributed by atoms with Crippen molar-refractivity contribution in [2.24, 2.45) is 0 Å². The largest absolute Gasteiger partial charge is 0.256 e. The normalized spacial score (nSPS) is 10.6. The molecule has 3 rings (SSSR count). The van der Waals surface area contributed by atoms with Crippen LogP contribution in [0.4, 0.5) is 0 Å². The molecular formula is C15H10BrN. The second-order valence-electron chi connectivity index (χ2n) is 3.89. The summed E-state index contributed by atoms with van der Waals surface area (Å²) >= 11 is 3.61. The van der Waals surface area contributed by atoms with Gasteiger partial charge in [0.1, 0.15) is 0 Å². The van der Waals surface area contributed by atoms with Crippen LogP contribution in [-0.4, -0.2) is 4.98 Å². The highest BCUT2D eigenvalue weighted by atomic mass is 79.9. The van der Waals surface area contributed by atoms with Crippen LogP contribution in [0.2, 0.25) is 0 Å². The minimum absolute atomic E-state index is 0.991. The van der Waals surface area contributed by atoms with Crippen LogP contribution in [0.1, 0.15) is 0 Å². The smallest absolute Gasteiger partial charge is 0.0713 e. The summed E-state index contributed by atoms with van der Waals surface area (Å²) in [5.41, 5.74) is 2.12. The van der Waals surface area contributed by atoms with Crippen molar-refractivity contribution in [3.63, 3.8) is 0 Å². The molecule has 3 aromatic rings. The van der Waals surface area contributed by atoms with Crippen LogP contribution in [0.5, 0.6) is 0 Å². The van der Waals surface area contributed by atoms with Gasteiger partial charge in [-0.3, -0.25) is 4.98 Å². The van der Waals surface area contributed by atoms with Gasteiger partial charge in [-0.15, -0.1) is 0 Å². The number of nitrogens with zero attached hydrogens (tertiary/aromatic N) is 1. The highest BCUT2D eigenvalue weighted by Crippen LogP contribution is 2.31. The van der Waals surface area contributed by atoms with Gasteiger partial charge >= 0.3 is 0 Å². The molecule has 2 aromatic carbocycles. The second kappa shape index (κ2) is 4.30. The Morgan fingerprint density at radius 1 is 0.824 bits per heavy atom. The van der Waals surface area contributed by atoms with Crippen molar-refractivity contribution in [2.45, 2.75) is 0 Å². The third kappa shape index (κ3) is 1.96. The summed E-state index contributed by atoms with van der Waals surface area (Å²) in [7, 11) is 0. The van der Waals surface area contributed by atoms with Crippen molar-refractivity contribution in [3.05, 3.63) is 65.3 Å². The molecule has 2 heteroatoms. The van der Waals surface area contributed by atoms with Gasteiger partial charge in [-0.05, 0) is 35.0 Å². The summed E-state index contributed by atoms with van der Waals surface area (Å²) in [5.74, 6) is 0. The van der Waals surface area contributed by atoms with Crippen molar-refractivity contribution >= 4 is 26.7 Å². The summed E-state index contributed by atoms with van der Waals surface area (Å²) in [6, 6.07) is 18.6. The third-order valence-electron chi connectivity index (χ3n) is 2.78. The fourth-order valence-electron chi connectivity index (χ4n) is 1.93. The molecule has 1 heterocycles. The quantitative estimate of drug-likeness (QED) is 0.633. The summed E-state index contributed by atoms with van der Waals surface area (Å²) in [4.78, 5) is 4.39. The molecular weight excluding hydrogens is 274 g/mol. The SMILES string of the molecule is Brc1cc2ccccc2cc1-c1ccccn1. The standard InChI is InChI=1S/C15H10BrN/c16-14-10-12-6-2-1-5-11(12)9-13(14)15-7-3-4-8-17-15/h1-10H. The number of benzene rings is 2. The Balaban J connectivity index is 2.27. The lowest BCUT2D eigenvalue weighted by atomic mass is 10.0. The van der Waals surface area contributed by atoms with Crippen LogP contribution < -0.4 is 0 Å². The van der Waals surface area contributed by atoms with Crippen molar-refractivity contribution in [1.82, 2.24) is 4.98 Å². The van der Waals surface area contributed by atoms with E-state index in [0.717, 1.165) is 15.7 Å². The Morgan fingerprint density at radius 3 is 2.24 bits per heavy atom. The topological polar surface area (TPSA) is 12.9 Å². The van der Waals surface area contributed by atoms with Gasteiger partial charge in [-0.25, -0.2) is 0 Å². The van der Waals surface area contributed by atoms with Gasteiger partial charge in [0.2, 0.25) is 0 Å². The molecule has 0 aliphatic carbocycles. The zero-order valence-corrected chi connectivity index (χ0v) is 10.7. The molecule has 0 aliphatic rings. The number of fused-ring (bicyclic) bond motifs is 1. The van der Waals surface area contributed by atoms with E-state index in [-0.39, 0.29) is 0 Å². The van der Waals surface area contributed by atoms with E-state index in [1.54, 1.807) is 0 Å². The van der Waals surface area contributed by atoms with E-state index in [1.807, 2.05) is 24.4 Å². The summed E-state index contributed by atoms with van der Waals surface area (Å²) in [5, 5.41) is 2.47. The molecule has 0 amide bonds. The molecule has 17 heavy (non-hydrogen) atoms. The van der Waals surface area contributed by atoms with Gasteiger partial charge in [0, 0.05) is 16.2 Å². The van der Waals surface area contributed by atoms with Crippen molar-refractivity contribution in [2.75, 3.05) is 0 Å². The van der Waals surface area contributed by atoms with Crippen LogP contribution in [0.25, 0.3) is 22.0 Å². The van der Waals surface area contributed by atoms with E-state index in [0.29, 0.717) is 0 Å². The molecule has 1 aromatic heterocycles. The molecule has 0 saturated carbocycles. The first-order valence-electron chi connectivity index (χ1n) is 5.44. The van der Waals surface area contributed by atoms with Gasteiger partial charge in [0.05, 0.1) is 5.69 Å². The maximum Gasteiger partial charge on any atom is 0.0713 e. The van der Waals surface area contributed by atoms with Gasteiger partial charge in [0.25, 0.3) is 0 Å². The average molecular weight is 284 g/mol. The lowest BCUT2D eigenvalue weighted by Gasteiger charge is -2.06. The Hall–Kier alpha value is -1.67. The summed E-state index contributed by atoms with van der Waals surface area (Å²) in [6.07, 6.45) is 1.82. The maximum absolute atomic E-state index is 4.39. The number of aromatic nitrogens is 1. The maximum atomic E-state index is 4.39. The van der Waals surface area contributed by atoms with E-state index in [4.69, 9.17) is 0 Å². The first kappa shape index (κ1) is 10.5.